The second kappa shape index (κ2) is 3.58. The van der Waals surface area contributed by atoms with Gasteiger partial charge in [0.05, 0.1) is 5.69 Å². The number of halogens is 1. The van der Waals surface area contributed by atoms with Gasteiger partial charge in [-0.15, -0.1) is 0 Å². The summed E-state index contributed by atoms with van der Waals surface area (Å²) in [5, 5.41) is 0. The third-order valence-electron chi connectivity index (χ3n) is 1.95. The van der Waals surface area contributed by atoms with Crippen molar-refractivity contribution >= 4 is 0 Å². The molecular formula is C12H9FN. The van der Waals surface area contributed by atoms with E-state index in [9.17, 15) is 4.39 Å². The van der Waals surface area contributed by atoms with Gasteiger partial charge >= 0.3 is 0 Å². The molecule has 1 aromatic carbocycles. The smallest absolute Gasteiger partial charge is 0.123 e. The highest BCUT2D eigenvalue weighted by atomic mass is 19.1. The lowest BCUT2D eigenvalue weighted by Gasteiger charge is -2.00. The zero-order valence-corrected chi connectivity index (χ0v) is 7.57. The van der Waals surface area contributed by atoms with Gasteiger partial charge in [0.15, 0.2) is 0 Å². The van der Waals surface area contributed by atoms with Crippen LogP contribution >= 0.6 is 0 Å². The fourth-order valence-electron chi connectivity index (χ4n) is 1.24. The number of benzene rings is 1. The van der Waals surface area contributed by atoms with Crippen molar-refractivity contribution in [3.8, 4) is 11.3 Å². The summed E-state index contributed by atoms with van der Waals surface area (Å²) in [6, 6.07) is 10.1. The number of hydrogen-bond donors (Lipinski definition) is 0. The molecule has 0 atom stereocenters. The Hall–Kier alpha value is -1.70. The fraction of sp³-hybridized carbons (Fsp3) is 0. The van der Waals surface area contributed by atoms with Gasteiger partial charge in [0.1, 0.15) is 5.82 Å². The third-order valence-corrected chi connectivity index (χ3v) is 1.95. The molecule has 2 rings (SSSR count). The molecule has 69 valence electrons. The molecule has 0 saturated heterocycles. The van der Waals surface area contributed by atoms with Gasteiger partial charge in [-0.2, -0.15) is 0 Å². The van der Waals surface area contributed by atoms with Crippen LogP contribution in [0.25, 0.3) is 11.3 Å². The Kier molecular flexibility index (Phi) is 2.27. The highest BCUT2D eigenvalue weighted by molar-refractivity contribution is 5.58. The zero-order valence-electron chi connectivity index (χ0n) is 7.57. The molecule has 0 unspecified atom stereocenters. The van der Waals surface area contributed by atoms with Crippen LogP contribution in [0, 0.1) is 12.7 Å². The molecule has 0 fully saturated rings. The number of nitrogens with zero attached hydrogens (tertiary/aromatic N) is 1. The molecule has 1 radical (unpaired) electrons. The van der Waals surface area contributed by atoms with Crippen molar-refractivity contribution in [1.29, 1.82) is 0 Å². The van der Waals surface area contributed by atoms with E-state index in [1.165, 1.54) is 12.1 Å². The number of hydrogen-bond acceptors (Lipinski definition) is 1. The maximum atomic E-state index is 12.9. The van der Waals surface area contributed by atoms with E-state index in [-0.39, 0.29) is 5.82 Å². The van der Waals surface area contributed by atoms with Crippen molar-refractivity contribution in [3.63, 3.8) is 0 Å². The summed E-state index contributed by atoms with van der Waals surface area (Å²) in [6.07, 6.45) is 1.67. The summed E-state index contributed by atoms with van der Waals surface area (Å²) in [5.41, 5.74) is 2.40. The summed E-state index contributed by atoms with van der Waals surface area (Å²) < 4.78 is 12.9. The number of rotatable bonds is 1. The van der Waals surface area contributed by atoms with Crippen molar-refractivity contribution in [3.05, 3.63) is 60.9 Å². The lowest BCUT2D eigenvalue weighted by atomic mass is 10.1. The standard InChI is InChI=1S/C12H9FN/c1-9-5-6-12(14-8-9)10-3-2-4-11(13)7-10/h2-8H,1H2. The lowest BCUT2D eigenvalue weighted by Crippen LogP contribution is -1.84. The van der Waals surface area contributed by atoms with E-state index in [1.54, 1.807) is 12.3 Å². The molecule has 1 nitrogen and oxygen atoms in total. The highest BCUT2D eigenvalue weighted by Crippen LogP contribution is 2.17. The van der Waals surface area contributed by atoms with Crippen LogP contribution in [0.2, 0.25) is 0 Å². The molecule has 0 aliphatic heterocycles. The monoisotopic (exact) mass is 186 g/mol. The van der Waals surface area contributed by atoms with E-state index in [4.69, 9.17) is 0 Å². The SMILES string of the molecule is [CH2]c1ccc(-c2cccc(F)c2)nc1. The quantitative estimate of drug-likeness (QED) is 0.667. The van der Waals surface area contributed by atoms with Gasteiger partial charge in [0.2, 0.25) is 0 Å². The van der Waals surface area contributed by atoms with E-state index in [1.807, 2.05) is 18.2 Å². The Morgan fingerprint density at radius 1 is 1.14 bits per heavy atom. The van der Waals surface area contributed by atoms with Crippen LogP contribution in [-0.2, 0) is 0 Å². The average Bonchev–Trinajstić information content (AvgIpc) is 2.19. The Morgan fingerprint density at radius 2 is 2.00 bits per heavy atom. The predicted molar refractivity (Wildman–Crippen MR) is 54.1 cm³/mol. The second-order valence-corrected chi connectivity index (χ2v) is 3.06. The number of pyridine rings is 1. The van der Waals surface area contributed by atoms with Gasteiger partial charge in [-0.05, 0) is 30.7 Å². The van der Waals surface area contributed by atoms with Crippen LogP contribution in [0.4, 0.5) is 4.39 Å². The molecule has 0 aliphatic carbocycles. The maximum absolute atomic E-state index is 12.9. The van der Waals surface area contributed by atoms with Crippen LogP contribution in [0.15, 0.2) is 42.6 Å². The van der Waals surface area contributed by atoms with Gasteiger partial charge in [0, 0.05) is 11.8 Å². The minimum atomic E-state index is -0.247. The van der Waals surface area contributed by atoms with Crippen molar-refractivity contribution in [2.45, 2.75) is 0 Å². The molecule has 0 saturated carbocycles. The molecule has 1 heterocycles. The molecule has 2 heteroatoms. The van der Waals surface area contributed by atoms with Gasteiger partial charge in [-0.1, -0.05) is 18.2 Å². The first-order valence-electron chi connectivity index (χ1n) is 4.30. The molecule has 14 heavy (non-hydrogen) atoms. The van der Waals surface area contributed by atoms with E-state index < -0.39 is 0 Å². The first-order chi connectivity index (χ1) is 6.75. The molecule has 0 N–H and O–H groups in total. The molecule has 1 aromatic heterocycles. The van der Waals surface area contributed by atoms with Crippen LogP contribution in [0.1, 0.15) is 5.56 Å². The molecule has 0 spiro atoms. The maximum Gasteiger partial charge on any atom is 0.123 e. The second-order valence-electron chi connectivity index (χ2n) is 3.06. The Labute approximate surface area is 82.2 Å². The van der Waals surface area contributed by atoms with Crippen molar-refractivity contribution in [1.82, 2.24) is 4.98 Å². The normalized spacial score (nSPS) is 10.1. The molecular weight excluding hydrogens is 177 g/mol. The third kappa shape index (κ3) is 1.79. The summed E-state index contributed by atoms with van der Waals surface area (Å²) in [7, 11) is 0. The van der Waals surface area contributed by atoms with Crippen LogP contribution in [-0.4, -0.2) is 4.98 Å². The minimum Gasteiger partial charge on any atom is -0.256 e. The van der Waals surface area contributed by atoms with Gasteiger partial charge in [0.25, 0.3) is 0 Å². The Bertz CT molecular complexity index is 434. The Balaban J connectivity index is 2.44. The molecule has 2 aromatic rings. The first kappa shape index (κ1) is 8.88. The average molecular weight is 186 g/mol. The summed E-state index contributed by atoms with van der Waals surface area (Å²) in [4.78, 5) is 4.16. The van der Waals surface area contributed by atoms with E-state index in [0.717, 1.165) is 16.8 Å². The van der Waals surface area contributed by atoms with Crippen molar-refractivity contribution < 1.29 is 4.39 Å². The minimum absolute atomic E-state index is 0.247. The van der Waals surface area contributed by atoms with Crippen LogP contribution in [0.5, 0.6) is 0 Å². The van der Waals surface area contributed by atoms with Crippen LogP contribution in [0.3, 0.4) is 0 Å². The predicted octanol–water partition coefficient (Wildman–Crippen LogP) is 3.07. The molecule has 0 amide bonds. The van der Waals surface area contributed by atoms with Gasteiger partial charge < -0.3 is 0 Å². The molecule has 0 aliphatic rings. The highest BCUT2D eigenvalue weighted by Gasteiger charge is 1.99. The van der Waals surface area contributed by atoms with Gasteiger partial charge in [-0.3, -0.25) is 4.98 Å². The van der Waals surface area contributed by atoms with E-state index >= 15 is 0 Å². The van der Waals surface area contributed by atoms with E-state index in [2.05, 4.69) is 11.9 Å². The summed E-state index contributed by atoms with van der Waals surface area (Å²) in [5.74, 6) is -0.247. The first-order valence-corrected chi connectivity index (χ1v) is 4.30. The van der Waals surface area contributed by atoms with Crippen molar-refractivity contribution in [2.75, 3.05) is 0 Å². The fourth-order valence-corrected chi connectivity index (χ4v) is 1.24. The number of aromatic nitrogens is 1. The zero-order chi connectivity index (χ0) is 9.97. The topological polar surface area (TPSA) is 12.9 Å². The molecule has 0 bridgehead atoms. The van der Waals surface area contributed by atoms with Crippen LogP contribution < -0.4 is 0 Å². The largest absolute Gasteiger partial charge is 0.256 e. The summed E-state index contributed by atoms with van der Waals surface area (Å²) in [6.45, 7) is 3.74. The van der Waals surface area contributed by atoms with E-state index in [0.29, 0.717) is 0 Å². The van der Waals surface area contributed by atoms with Gasteiger partial charge in [-0.25, -0.2) is 4.39 Å². The summed E-state index contributed by atoms with van der Waals surface area (Å²) >= 11 is 0. The lowest BCUT2D eigenvalue weighted by molar-refractivity contribution is 0.628. The Morgan fingerprint density at radius 3 is 2.64 bits per heavy atom. The van der Waals surface area contributed by atoms with Crippen molar-refractivity contribution in [2.24, 2.45) is 0 Å².